The normalized spacial score (nSPS) is 19.4. The van der Waals surface area contributed by atoms with E-state index in [1.807, 2.05) is 30.3 Å². The van der Waals surface area contributed by atoms with Gasteiger partial charge in [0.1, 0.15) is 17.4 Å². The van der Waals surface area contributed by atoms with E-state index in [-0.39, 0.29) is 0 Å². The van der Waals surface area contributed by atoms with Gasteiger partial charge in [-0.25, -0.2) is 0 Å². The van der Waals surface area contributed by atoms with Crippen molar-refractivity contribution < 1.29 is 9.52 Å². The lowest BCUT2D eigenvalue weighted by Gasteiger charge is -2.35. The van der Waals surface area contributed by atoms with Gasteiger partial charge in [-0.15, -0.1) is 0 Å². The smallest absolute Gasteiger partial charge is 0.135 e. The molecule has 4 heteroatoms. The summed E-state index contributed by atoms with van der Waals surface area (Å²) < 4.78 is 5.75. The van der Waals surface area contributed by atoms with Crippen LogP contribution in [-0.4, -0.2) is 54.7 Å². The van der Waals surface area contributed by atoms with Crippen molar-refractivity contribution >= 4 is 11.0 Å². The van der Waals surface area contributed by atoms with E-state index < -0.39 is 6.10 Å². The first kappa shape index (κ1) is 14.6. The minimum atomic E-state index is -0.548. The van der Waals surface area contributed by atoms with Crippen molar-refractivity contribution in [3.8, 4) is 0 Å². The van der Waals surface area contributed by atoms with Crippen LogP contribution in [0.4, 0.5) is 0 Å². The van der Waals surface area contributed by atoms with Crippen LogP contribution >= 0.6 is 0 Å². The molecule has 1 N–H and O–H groups in total. The summed E-state index contributed by atoms with van der Waals surface area (Å²) in [4.78, 5) is 4.63. The molecule has 0 bridgehead atoms. The molecule has 1 aromatic heterocycles. The number of β-amino-alcohol motifs (C(OH)–C–C–N with tert-alkyl or cyclic N) is 1. The number of benzene rings is 1. The van der Waals surface area contributed by atoms with Crippen molar-refractivity contribution in [3.63, 3.8) is 0 Å². The van der Waals surface area contributed by atoms with Gasteiger partial charge in [0.25, 0.3) is 0 Å². The molecule has 1 atom stereocenters. The summed E-state index contributed by atoms with van der Waals surface area (Å²) in [6.07, 6.45) is 1.79. The molecule has 1 aliphatic rings. The Morgan fingerprint density at radius 1 is 1.29 bits per heavy atom. The van der Waals surface area contributed by atoms with Gasteiger partial charge in [0.05, 0.1) is 0 Å². The molecule has 0 saturated carbocycles. The molecular weight excluding hydrogens is 264 g/mol. The first-order chi connectivity index (χ1) is 10.1. The van der Waals surface area contributed by atoms with Crippen molar-refractivity contribution in [2.45, 2.75) is 25.0 Å². The van der Waals surface area contributed by atoms with Gasteiger partial charge >= 0.3 is 0 Å². The Balaban J connectivity index is 1.60. The van der Waals surface area contributed by atoms with Crippen molar-refractivity contribution in [1.82, 2.24) is 9.80 Å². The average Bonchev–Trinajstić information content (AvgIpc) is 2.92. The molecule has 2 heterocycles. The fraction of sp³-hybridized carbons (Fsp3) is 0.529. The van der Waals surface area contributed by atoms with Crippen LogP contribution in [0.2, 0.25) is 0 Å². The summed E-state index contributed by atoms with van der Waals surface area (Å²) >= 11 is 0. The predicted molar refractivity (Wildman–Crippen MR) is 84.3 cm³/mol. The number of aliphatic hydroxyl groups is 1. The van der Waals surface area contributed by atoms with E-state index in [9.17, 15) is 5.11 Å². The molecular formula is C17H24N2O2. The fourth-order valence-electron chi connectivity index (χ4n) is 3.12. The van der Waals surface area contributed by atoms with Crippen molar-refractivity contribution in [1.29, 1.82) is 0 Å². The van der Waals surface area contributed by atoms with Crippen molar-refractivity contribution in [2.75, 3.05) is 33.7 Å². The highest BCUT2D eigenvalue weighted by atomic mass is 16.4. The van der Waals surface area contributed by atoms with Gasteiger partial charge in [-0.05, 0) is 52.2 Å². The summed E-state index contributed by atoms with van der Waals surface area (Å²) in [6.45, 7) is 2.74. The molecule has 0 amide bonds. The highest BCUT2D eigenvalue weighted by molar-refractivity contribution is 5.77. The molecule has 1 aromatic carbocycles. The van der Waals surface area contributed by atoms with Gasteiger partial charge in [-0.1, -0.05) is 18.2 Å². The largest absolute Gasteiger partial charge is 0.458 e. The van der Waals surface area contributed by atoms with Gasteiger partial charge in [0.15, 0.2) is 0 Å². The van der Waals surface area contributed by atoms with E-state index in [0.29, 0.717) is 18.3 Å². The summed E-state index contributed by atoms with van der Waals surface area (Å²) in [6, 6.07) is 10.5. The quantitative estimate of drug-likeness (QED) is 0.938. The third kappa shape index (κ3) is 3.28. The SMILES string of the molecule is CN(C)C1CCN(CC(O)c2cc3ccccc3o2)CC1. The van der Waals surface area contributed by atoms with Gasteiger partial charge in [-0.2, -0.15) is 0 Å². The number of likely N-dealkylation sites (tertiary alicyclic amines) is 1. The Labute approximate surface area is 125 Å². The maximum Gasteiger partial charge on any atom is 0.135 e. The summed E-state index contributed by atoms with van der Waals surface area (Å²) in [5.74, 6) is 0.672. The van der Waals surface area contributed by atoms with Crippen LogP contribution < -0.4 is 0 Å². The van der Waals surface area contributed by atoms with Gasteiger partial charge in [0, 0.05) is 18.0 Å². The molecule has 0 aliphatic carbocycles. The van der Waals surface area contributed by atoms with Gasteiger partial charge in [0.2, 0.25) is 0 Å². The lowest BCUT2D eigenvalue weighted by Crippen LogP contribution is -2.43. The van der Waals surface area contributed by atoms with Crippen LogP contribution in [0.25, 0.3) is 11.0 Å². The topological polar surface area (TPSA) is 39.9 Å². The minimum Gasteiger partial charge on any atom is -0.458 e. The zero-order chi connectivity index (χ0) is 14.8. The van der Waals surface area contributed by atoms with Gasteiger partial charge in [-0.3, -0.25) is 0 Å². The number of para-hydroxylation sites is 1. The molecule has 2 aromatic rings. The highest BCUT2D eigenvalue weighted by Crippen LogP contribution is 2.25. The van der Waals surface area contributed by atoms with Crippen molar-refractivity contribution in [2.24, 2.45) is 0 Å². The Morgan fingerprint density at radius 3 is 2.67 bits per heavy atom. The number of rotatable bonds is 4. The van der Waals surface area contributed by atoms with E-state index in [1.54, 1.807) is 0 Å². The Hall–Kier alpha value is -1.36. The second-order valence-electron chi connectivity index (χ2n) is 6.20. The molecule has 1 fully saturated rings. The summed E-state index contributed by atoms with van der Waals surface area (Å²) in [7, 11) is 4.28. The van der Waals surface area contributed by atoms with E-state index in [2.05, 4.69) is 23.9 Å². The number of fused-ring (bicyclic) bond motifs is 1. The fourth-order valence-corrected chi connectivity index (χ4v) is 3.12. The summed E-state index contributed by atoms with van der Waals surface area (Å²) in [5.41, 5.74) is 0.845. The number of furan rings is 1. The highest BCUT2D eigenvalue weighted by Gasteiger charge is 2.23. The van der Waals surface area contributed by atoms with Crippen molar-refractivity contribution in [3.05, 3.63) is 36.1 Å². The van der Waals surface area contributed by atoms with E-state index in [1.165, 1.54) is 12.8 Å². The number of hydrogen-bond donors (Lipinski definition) is 1. The van der Waals surface area contributed by atoms with Crippen LogP contribution in [0.15, 0.2) is 34.7 Å². The number of nitrogens with zero attached hydrogens (tertiary/aromatic N) is 2. The Morgan fingerprint density at radius 2 is 2.00 bits per heavy atom. The monoisotopic (exact) mass is 288 g/mol. The molecule has 1 unspecified atom stereocenters. The second-order valence-corrected chi connectivity index (χ2v) is 6.20. The maximum absolute atomic E-state index is 10.4. The second kappa shape index (κ2) is 6.18. The minimum absolute atomic E-state index is 0.548. The third-order valence-electron chi connectivity index (χ3n) is 4.49. The molecule has 0 radical (unpaired) electrons. The van der Waals surface area contributed by atoms with Gasteiger partial charge < -0.3 is 19.3 Å². The zero-order valence-electron chi connectivity index (χ0n) is 12.8. The molecule has 21 heavy (non-hydrogen) atoms. The first-order valence-corrected chi connectivity index (χ1v) is 7.69. The average molecular weight is 288 g/mol. The number of piperidine rings is 1. The maximum atomic E-state index is 10.4. The van der Waals surface area contributed by atoms with E-state index in [4.69, 9.17) is 4.42 Å². The predicted octanol–water partition coefficient (Wildman–Crippen LogP) is 2.49. The molecule has 0 spiro atoms. The first-order valence-electron chi connectivity index (χ1n) is 7.69. The number of hydrogen-bond acceptors (Lipinski definition) is 4. The summed E-state index contributed by atoms with van der Waals surface area (Å²) in [5, 5.41) is 11.5. The third-order valence-corrected chi connectivity index (χ3v) is 4.49. The van der Waals surface area contributed by atoms with E-state index in [0.717, 1.165) is 24.1 Å². The van der Waals surface area contributed by atoms with E-state index >= 15 is 0 Å². The molecule has 1 aliphatic heterocycles. The Bertz CT molecular complexity index is 552. The van der Waals surface area contributed by atoms with Crippen LogP contribution in [0.5, 0.6) is 0 Å². The van der Waals surface area contributed by atoms with Crippen LogP contribution in [0, 0.1) is 0 Å². The van der Waals surface area contributed by atoms with Crippen LogP contribution in [0.1, 0.15) is 24.7 Å². The molecule has 3 rings (SSSR count). The number of aliphatic hydroxyl groups excluding tert-OH is 1. The molecule has 114 valence electrons. The molecule has 1 saturated heterocycles. The lowest BCUT2D eigenvalue weighted by atomic mass is 10.0. The molecule has 4 nitrogen and oxygen atoms in total. The van der Waals surface area contributed by atoms with Crippen LogP contribution in [0.3, 0.4) is 0 Å². The zero-order valence-corrected chi connectivity index (χ0v) is 12.8. The Kier molecular flexibility index (Phi) is 4.29. The lowest BCUT2D eigenvalue weighted by molar-refractivity contribution is 0.0690. The standard InChI is InChI=1S/C17H24N2O2/c1-18(2)14-7-9-19(10-8-14)12-15(20)17-11-13-5-3-4-6-16(13)21-17/h3-6,11,14-15,20H,7-10,12H2,1-2H3. The van der Waals surface area contributed by atoms with Crippen LogP contribution in [-0.2, 0) is 0 Å².